The zero-order valence-corrected chi connectivity index (χ0v) is 92.8. The summed E-state index contributed by atoms with van der Waals surface area (Å²) in [4.78, 5) is 141. The molecule has 0 aromatic heterocycles. The maximum Gasteiger partial charge on any atom is 0.414 e. The Morgan fingerprint density at radius 3 is 1.31 bits per heavy atom. The third-order valence-electron chi connectivity index (χ3n) is 28.2. The Labute approximate surface area is 896 Å². The van der Waals surface area contributed by atoms with Crippen LogP contribution in [-0.4, -0.2) is 200 Å². The molecule has 10 aliphatic rings. The number of carbonyl (C=O) groups excluding carboxylic acids is 11. The minimum Gasteiger partial charge on any atom is -0.483 e. The molecule has 2 saturated heterocycles. The van der Waals surface area contributed by atoms with Crippen molar-refractivity contribution in [2.75, 3.05) is 86.5 Å². The topological polar surface area (TPSA) is 601 Å². The van der Waals surface area contributed by atoms with E-state index in [2.05, 4.69) is 57.9 Å². The van der Waals surface area contributed by atoms with Crippen LogP contribution in [0.2, 0.25) is 0 Å². The van der Waals surface area contributed by atoms with E-state index in [0.717, 1.165) is 91.3 Å². The van der Waals surface area contributed by atoms with Crippen molar-refractivity contribution in [3.8, 4) is 0 Å². The van der Waals surface area contributed by atoms with Crippen molar-refractivity contribution in [3.63, 3.8) is 0 Å². The van der Waals surface area contributed by atoms with Crippen molar-refractivity contribution < 1.29 is 116 Å². The highest BCUT2D eigenvalue weighted by molar-refractivity contribution is 9.10. The number of alkyl halides is 1. The predicted octanol–water partition coefficient (Wildman–Crippen LogP) is 18.7. The Kier molecular flexibility index (Phi) is 74.9. The van der Waals surface area contributed by atoms with Gasteiger partial charge < -0.3 is 115 Å². The van der Waals surface area contributed by atoms with Crippen LogP contribution in [0.1, 0.15) is 355 Å². The summed E-state index contributed by atoms with van der Waals surface area (Å²) >= 11 is 6.77. The van der Waals surface area contributed by atoms with Crippen LogP contribution in [0, 0.1) is 47.3 Å². The molecule has 842 valence electrons. The van der Waals surface area contributed by atoms with Gasteiger partial charge in [-0.05, 0) is 174 Å². The highest BCUT2D eigenvalue weighted by atomic mass is 79.9. The average Bonchev–Trinajstić information content (AvgIpc) is 0.922. The molecule has 36 nitrogen and oxygen atoms in total. The minimum atomic E-state index is -1.72. The normalized spacial score (nSPS) is 19.1. The van der Waals surface area contributed by atoms with E-state index in [-0.39, 0.29) is 112 Å². The number of aliphatic hydroxyl groups is 2. The number of ether oxygens (including phenoxy) is 7. The zero-order chi connectivity index (χ0) is 110. The Hall–Kier alpha value is -9.43. The van der Waals surface area contributed by atoms with Crippen LogP contribution in [0.25, 0.3) is 0 Å². The number of anilines is 5. The number of alkyl carbamates (subject to hydrolysis) is 2. The van der Waals surface area contributed by atoms with E-state index >= 15 is 0 Å². The van der Waals surface area contributed by atoms with E-state index in [9.17, 15) is 53.1 Å². The lowest BCUT2D eigenvalue weighted by Gasteiger charge is -2.34. The van der Waals surface area contributed by atoms with Crippen molar-refractivity contribution in [1.29, 1.82) is 0 Å². The molecule has 8 saturated carbocycles. The number of hydrogen-bond acceptors (Lipinski definition) is 29. The average molecular weight is 2220 g/mol. The van der Waals surface area contributed by atoms with Crippen LogP contribution < -0.4 is 66.3 Å². The quantitative estimate of drug-likeness (QED) is 0.00689. The summed E-state index contributed by atoms with van der Waals surface area (Å²) in [5, 5.41) is 45.5. The number of nitrogens with two attached hydrogens (primary N) is 7. The van der Waals surface area contributed by atoms with Crippen molar-refractivity contribution >= 4 is 133 Å². The number of cyclic esters (lactones) is 2. The van der Waals surface area contributed by atoms with Gasteiger partial charge in [0.25, 0.3) is 6.47 Å². The van der Waals surface area contributed by atoms with Crippen molar-refractivity contribution in [2.24, 2.45) is 64.5 Å². The van der Waals surface area contributed by atoms with Gasteiger partial charge in [0.15, 0.2) is 0 Å². The lowest BCUT2D eigenvalue weighted by molar-refractivity contribution is -0.192. The van der Waals surface area contributed by atoms with Gasteiger partial charge in [-0.2, -0.15) is 9.59 Å². The SMILES string of the molecule is BrCC1CCCCC1.CCOC(=O)C(CC)NC(C)=O.CCOC(=O)C(CC1CCCCC1)(NC(C)=O)C(=O)OCC.COC(=O)C(N)CC1CCCCC1.NC(CC1CCCCC1)C(=O)O.NC(CO)CC1CCCCC1.Nc1ccc(Br)cc1N.Nc1ccc(N2C(=O)OCC2CC2CCCCC2)cc1N.O=C(NC(CO)CC1CCCCC1)OCc1ccccc1.O=C1NC(CC2CCCCC2)CO1.O=C=O.O=CO. The van der Waals surface area contributed by atoms with E-state index in [0.29, 0.717) is 79.1 Å². The Morgan fingerprint density at radius 2 is 0.932 bits per heavy atom. The summed E-state index contributed by atoms with van der Waals surface area (Å²) in [6.07, 6.45) is 56.9. The van der Waals surface area contributed by atoms with E-state index in [1.54, 1.807) is 49.9 Å². The van der Waals surface area contributed by atoms with Gasteiger partial charge in [0.2, 0.25) is 17.4 Å². The van der Waals surface area contributed by atoms with Crippen LogP contribution >= 0.6 is 31.9 Å². The fraction of sp³-hybridized carbons (Fsp3) is 0.727. The molecule has 8 aliphatic carbocycles. The van der Waals surface area contributed by atoms with Crippen molar-refractivity contribution in [3.05, 3.63) is 76.8 Å². The van der Waals surface area contributed by atoms with Crippen molar-refractivity contribution in [2.45, 2.75) is 404 Å². The molecule has 10 fully saturated rings. The smallest absolute Gasteiger partial charge is 0.414 e. The summed E-state index contributed by atoms with van der Waals surface area (Å²) in [5.74, 6) is 1.73. The van der Waals surface area contributed by atoms with E-state index < -0.39 is 53.6 Å². The minimum absolute atomic E-state index is 0.0260. The van der Waals surface area contributed by atoms with Gasteiger partial charge in [-0.15, -0.1) is 0 Å². The highest BCUT2D eigenvalue weighted by Crippen LogP contribution is 2.38. The first-order valence-electron chi connectivity index (χ1n) is 54.4. The number of nitrogens with zero attached hydrogens (tertiary/aromatic N) is 1. The first kappa shape index (κ1) is 135. The molecule has 5 amide bonds. The van der Waals surface area contributed by atoms with Crippen molar-refractivity contribution in [1.82, 2.24) is 21.3 Å². The standard InChI is InChI=1S/C17H25NO3.C16H23N3O2.C16H27NO5.C10H17NO2.C10H19NO2.C9H17NO2.C9H19NO.C8H15NO3.C7H13Br.C6H7BrN2.CH2O2.CO2/c19-12-16(11-14-7-3-1-4-8-14)18-17(20)21-13-15-9-5-2-6-10-15;17-14-7-6-12(9-15(14)18)19-13(10-21-16(19)20)8-11-4-2-1-3-5-11;1-4-21-14(19)16(17-12(3)18,15(20)22-5-2)11-13-9-7-6-8-10-13;12-10-11-9(7-13-10)6-8-4-2-1-3-5-8;1-13-10(12)9(11)7-8-5-3-2-4-6-8;10-8(9(11)12)6-7-4-2-1-3-5-7;10-9(7-11)6-8-4-2-1-3-5-8;1-4-7(9-6(3)10)8(11)12-5-2;8-6-7-4-2-1-3-5-7;7-4-1-2-5(8)6(9)3-4;2*2-1-3/h2,5-6,9-10,14,16,19H,1,3-4,7-8,11-13H2,(H,18,20);6-7,9,11,13H,1-5,8,10,17-18H2;13H,4-11H2,1-3H3,(H,17,18);8-9H,1-7H2,(H,11,12);8-9H,2-7,11H2,1H3;7-8H,1-6,10H2,(H,11,12);8-9,11H,1-7,10H2;7H,4-5H2,1-3H3,(H,9,10);7H,1-6H2;1-3H,8-9H2;1H,(H,2,3);. The molecular weight excluding hydrogens is 2030 g/mol. The second-order valence-electron chi connectivity index (χ2n) is 40.2. The van der Waals surface area contributed by atoms with E-state index in [4.69, 9.17) is 98.3 Å². The molecule has 2 heterocycles. The molecular formula is C110H184Br2N12O24. The third kappa shape index (κ3) is 60.0. The van der Waals surface area contributed by atoms with Gasteiger partial charge in [-0.25, -0.2) is 28.8 Å². The molecule has 3 aromatic carbocycles. The number of esters is 4. The summed E-state index contributed by atoms with van der Waals surface area (Å²) in [7, 11) is 1.39. The molecule has 7 unspecified atom stereocenters. The molecule has 13 rings (SSSR count). The number of amides is 5. The highest BCUT2D eigenvalue weighted by Gasteiger charge is 2.51. The van der Waals surface area contributed by atoms with Gasteiger partial charge >= 0.3 is 54.3 Å². The molecule has 148 heavy (non-hydrogen) atoms. The fourth-order valence-electron chi connectivity index (χ4n) is 20.4. The van der Waals surface area contributed by atoms with Gasteiger partial charge in [0.1, 0.15) is 37.9 Å². The second-order valence-corrected chi connectivity index (χ2v) is 41.7. The summed E-state index contributed by atoms with van der Waals surface area (Å²) in [5.41, 5.74) is 41.6. The van der Waals surface area contributed by atoms with Gasteiger partial charge in [0, 0.05) is 35.4 Å². The lowest BCUT2D eigenvalue weighted by Crippen LogP contribution is -2.62. The van der Waals surface area contributed by atoms with E-state index in [1.807, 2.05) is 49.4 Å². The largest absolute Gasteiger partial charge is 0.483 e. The molecule has 2 aliphatic heterocycles. The van der Waals surface area contributed by atoms with Crippen LogP contribution in [-0.2, 0) is 87.7 Å². The van der Waals surface area contributed by atoms with Gasteiger partial charge in [-0.3, -0.25) is 28.9 Å². The number of nitrogen functional groups attached to an aromatic ring is 4. The van der Waals surface area contributed by atoms with Crippen LogP contribution in [0.3, 0.4) is 0 Å². The molecule has 22 N–H and O–H groups in total. The number of carboxylic acids is 1. The number of benzene rings is 3. The summed E-state index contributed by atoms with van der Waals surface area (Å²) in [6, 6.07) is 19.0. The molecule has 3 aromatic rings. The Balaban J connectivity index is 0.000000560. The maximum atomic E-state index is 12.5. The first-order valence-corrected chi connectivity index (χ1v) is 56.3. The molecule has 38 heteroatoms. The predicted molar refractivity (Wildman–Crippen MR) is 582 cm³/mol. The molecule has 0 radical (unpaired) electrons. The third-order valence-corrected chi connectivity index (χ3v) is 29.6. The fourth-order valence-corrected chi connectivity index (χ4v) is 21.4. The van der Waals surface area contributed by atoms with Crippen LogP contribution in [0.4, 0.5) is 42.8 Å². The first-order chi connectivity index (χ1) is 71.1. The summed E-state index contributed by atoms with van der Waals surface area (Å²) in [6.45, 7) is 11.4. The number of hydrogen-bond donors (Lipinski definition) is 15. The number of methoxy groups -OCH3 is 1. The number of halogens is 2. The monoisotopic (exact) mass is 2220 g/mol. The Morgan fingerprint density at radius 1 is 0.514 bits per heavy atom. The van der Waals surface area contributed by atoms with Crippen LogP contribution in [0.15, 0.2) is 71.2 Å². The number of carbonyl (C=O) groups is 11. The van der Waals surface area contributed by atoms with Crippen LogP contribution in [0.5, 0.6) is 0 Å². The summed E-state index contributed by atoms with van der Waals surface area (Å²) < 4.78 is 35.7. The van der Waals surface area contributed by atoms with E-state index in [1.165, 1.54) is 257 Å². The number of carboxylic acid groups (broad SMARTS) is 2. The number of aliphatic carboxylic acids is 1. The lowest BCUT2D eigenvalue weighted by atomic mass is 9.79. The zero-order valence-electron chi connectivity index (χ0n) is 89.6. The Bertz CT molecular complexity index is 4140. The van der Waals surface area contributed by atoms with Gasteiger partial charge in [-0.1, -0.05) is 313 Å². The molecule has 7 atom stereocenters. The number of nitrogens with one attached hydrogen (secondary N) is 4. The molecule has 0 bridgehead atoms. The molecule has 0 spiro atoms. The van der Waals surface area contributed by atoms with Gasteiger partial charge in [0.05, 0.1) is 81.0 Å². The second kappa shape index (κ2) is 82.3. The number of aliphatic hydroxyl groups excluding tert-OH is 2. The maximum absolute atomic E-state index is 12.5. The number of rotatable bonds is 32.